The van der Waals surface area contributed by atoms with Crippen LogP contribution in [0.1, 0.15) is 25.8 Å². The molecule has 4 heteroatoms. The fraction of sp³-hybridized carbons (Fsp3) is 0.538. The topological polar surface area (TPSA) is 20.2 Å². The second-order valence-corrected chi connectivity index (χ2v) is 5.58. The van der Waals surface area contributed by atoms with E-state index in [4.69, 9.17) is 0 Å². The van der Waals surface area contributed by atoms with E-state index in [-0.39, 0.29) is 12.0 Å². The Hall–Kier alpha value is -0.610. The van der Waals surface area contributed by atoms with Gasteiger partial charge in [0, 0.05) is 23.0 Å². The molecule has 0 aliphatic rings. The quantitative estimate of drug-likeness (QED) is 0.846. The largest absolute Gasteiger partial charge is 0.392 e. The highest BCUT2D eigenvalue weighted by molar-refractivity contribution is 7.99. The van der Waals surface area contributed by atoms with Crippen molar-refractivity contribution in [2.75, 3.05) is 5.75 Å². The second-order valence-electron chi connectivity index (χ2n) is 4.11. The fourth-order valence-corrected chi connectivity index (χ4v) is 2.32. The van der Waals surface area contributed by atoms with Crippen molar-refractivity contribution in [1.29, 1.82) is 0 Å². The minimum Gasteiger partial charge on any atom is -0.392 e. The molecule has 0 aromatic heterocycles. The van der Waals surface area contributed by atoms with Crippen LogP contribution in [0.3, 0.4) is 0 Å². The smallest absolute Gasteiger partial charge is 0.129 e. The van der Waals surface area contributed by atoms with Gasteiger partial charge in [0.1, 0.15) is 11.6 Å². The molecule has 1 aromatic carbocycles. The SMILES string of the molecule is CCC(C)SCC(O)Cc1c(F)cccc1F. The van der Waals surface area contributed by atoms with E-state index >= 15 is 0 Å². The van der Waals surface area contributed by atoms with Crippen molar-refractivity contribution >= 4 is 11.8 Å². The molecule has 17 heavy (non-hydrogen) atoms. The lowest BCUT2D eigenvalue weighted by atomic mass is 10.1. The summed E-state index contributed by atoms with van der Waals surface area (Å²) in [6.45, 7) is 4.14. The number of aliphatic hydroxyl groups excluding tert-OH is 1. The van der Waals surface area contributed by atoms with Gasteiger partial charge in [-0.3, -0.25) is 0 Å². The Morgan fingerprint density at radius 2 is 1.88 bits per heavy atom. The first kappa shape index (κ1) is 14.5. The Morgan fingerprint density at radius 3 is 2.41 bits per heavy atom. The molecule has 0 saturated carbocycles. The monoisotopic (exact) mass is 260 g/mol. The third kappa shape index (κ3) is 4.64. The van der Waals surface area contributed by atoms with Crippen LogP contribution in [0, 0.1) is 11.6 Å². The van der Waals surface area contributed by atoms with Gasteiger partial charge in [-0.05, 0) is 18.6 Å². The first-order chi connectivity index (χ1) is 8.04. The second kappa shape index (κ2) is 6.97. The molecule has 0 saturated heterocycles. The standard InChI is InChI=1S/C13H18F2OS/c1-3-9(2)17-8-10(16)7-11-12(14)5-4-6-13(11)15/h4-6,9-10,16H,3,7-8H2,1-2H3. The van der Waals surface area contributed by atoms with Crippen LogP contribution in [-0.4, -0.2) is 22.2 Å². The highest BCUT2D eigenvalue weighted by Crippen LogP contribution is 2.19. The Bertz CT molecular complexity index is 337. The van der Waals surface area contributed by atoms with E-state index in [0.717, 1.165) is 6.42 Å². The molecule has 0 spiro atoms. The summed E-state index contributed by atoms with van der Waals surface area (Å²) in [5.41, 5.74) is -0.0234. The molecule has 1 N–H and O–H groups in total. The van der Waals surface area contributed by atoms with Gasteiger partial charge in [0.15, 0.2) is 0 Å². The van der Waals surface area contributed by atoms with Gasteiger partial charge in [-0.25, -0.2) is 8.78 Å². The van der Waals surface area contributed by atoms with E-state index in [1.165, 1.54) is 18.2 Å². The predicted octanol–water partition coefficient (Wildman–Crippen LogP) is 3.40. The van der Waals surface area contributed by atoms with E-state index in [1.54, 1.807) is 11.8 Å². The summed E-state index contributed by atoms with van der Waals surface area (Å²) in [6.07, 6.45) is 0.341. The Balaban J connectivity index is 2.53. The molecule has 0 aliphatic heterocycles. The van der Waals surface area contributed by atoms with Crippen molar-refractivity contribution in [2.45, 2.75) is 38.0 Å². The third-order valence-electron chi connectivity index (χ3n) is 2.65. The van der Waals surface area contributed by atoms with Crippen LogP contribution in [0.25, 0.3) is 0 Å². The van der Waals surface area contributed by atoms with Crippen LogP contribution in [0.4, 0.5) is 8.78 Å². The van der Waals surface area contributed by atoms with Crippen molar-refractivity contribution in [2.24, 2.45) is 0 Å². The van der Waals surface area contributed by atoms with Crippen molar-refractivity contribution in [3.05, 3.63) is 35.4 Å². The van der Waals surface area contributed by atoms with Crippen LogP contribution in [0.5, 0.6) is 0 Å². The van der Waals surface area contributed by atoms with Crippen molar-refractivity contribution in [3.63, 3.8) is 0 Å². The van der Waals surface area contributed by atoms with Gasteiger partial charge in [0.2, 0.25) is 0 Å². The summed E-state index contributed by atoms with van der Waals surface area (Å²) in [5.74, 6) is -0.668. The van der Waals surface area contributed by atoms with Gasteiger partial charge in [0.05, 0.1) is 6.10 Å². The van der Waals surface area contributed by atoms with Crippen molar-refractivity contribution < 1.29 is 13.9 Å². The van der Waals surface area contributed by atoms with Gasteiger partial charge in [-0.2, -0.15) is 11.8 Å². The molecule has 1 nitrogen and oxygen atoms in total. The van der Waals surface area contributed by atoms with Crippen LogP contribution >= 0.6 is 11.8 Å². The van der Waals surface area contributed by atoms with Crippen LogP contribution in [0.2, 0.25) is 0 Å². The van der Waals surface area contributed by atoms with E-state index in [2.05, 4.69) is 13.8 Å². The summed E-state index contributed by atoms with van der Waals surface area (Å²) < 4.78 is 26.6. The van der Waals surface area contributed by atoms with Gasteiger partial charge in [-0.1, -0.05) is 19.9 Å². The lowest BCUT2D eigenvalue weighted by Crippen LogP contribution is -2.17. The summed E-state index contributed by atoms with van der Waals surface area (Å²) >= 11 is 1.62. The molecule has 0 amide bonds. The number of aliphatic hydroxyl groups is 1. The molecular weight excluding hydrogens is 242 g/mol. The average Bonchev–Trinajstić information content (AvgIpc) is 2.31. The Morgan fingerprint density at radius 1 is 1.29 bits per heavy atom. The predicted molar refractivity (Wildman–Crippen MR) is 68.3 cm³/mol. The molecule has 1 aromatic rings. The minimum atomic E-state index is -0.708. The number of halogens is 2. The molecule has 0 bridgehead atoms. The zero-order chi connectivity index (χ0) is 12.8. The summed E-state index contributed by atoms with van der Waals surface area (Å²) in [6, 6.07) is 3.76. The highest BCUT2D eigenvalue weighted by Gasteiger charge is 2.14. The van der Waals surface area contributed by atoms with E-state index < -0.39 is 17.7 Å². The van der Waals surface area contributed by atoms with Crippen LogP contribution in [0.15, 0.2) is 18.2 Å². The van der Waals surface area contributed by atoms with Crippen molar-refractivity contribution in [1.82, 2.24) is 0 Å². The van der Waals surface area contributed by atoms with Crippen LogP contribution in [-0.2, 0) is 6.42 Å². The molecule has 0 radical (unpaired) electrons. The molecule has 96 valence electrons. The highest BCUT2D eigenvalue weighted by atomic mass is 32.2. The van der Waals surface area contributed by atoms with E-state index in [1.807, 2.05) is 0 Å². The Kier molecular flexibility index (Phi) is 5.92. The maximum absolute atomic E-state index is 13.3. The van der Waals surface area contributed by atoms with E-state index in [9.17, 15) is 13.9 Å². The van der Waals surface area contributed by atoms with Gasteiger partial charge in [-0.15, -0.1) is 0 Å². The van der Waals surface area contributed by atoms with E-state index in [0.29, 0.717) is 11.0 Å². The molecule has 0 fully saturated rings. The lowest BCUT2D eigenvalue weighted by molar-refractivity contribution is 0.197. The first-order valence-corrected chi connectivity index (χ1v) is 6.82. The summed E-state index contributed by atoms with van der Waals surface area (Å²) in [7, 11) is 0. The van der Waals surface area contributed by atoms with Crippen molar-refractivity contribution in [3.8, 4) is 0 Å². The number of thioether (sulfide) groups is 1. The molecular formula is C13H18F2OS. The fourth-order valence-electron chi connectivity index (χ4n) is 1.42. The maximum atomic E-state index is 13.3. The zero-order valence-electron chi connectivity index (χ0n) is 10.1. The minimum absolute atomic E-state index is 0.0234. The third-order valence-corrected chi connectivity index (χ3v) is 4.13. The summed E-state index contributed by atoms with van der Waals surface area (Å²) in [5, 5.41) is 10.2. The molecule has 1 rings (SSSR count). The Labute approximate surface area is 105 Å². The zero-order valence-corrected chi connectivity index (χ0v) is 10.9. The summed E-state index contributed by atoms with van der Waals surface area (Å²) in [4.78, 5) is 0. The normalized spacial score (nSPS) is 14.6. The molecule has 2 unspecified atom stereocenters. The van der Waals surface area contributed by atoms with Gasteiger partial charge in [0.25, 0.3) is 0 Å². The first-order valence-electron chi connectivity index (χ1n) is 5.77. The number of hydrogen-bond acceptors (Lipinski definition) is 2. The lowest BCUT2D eigenvalue weighted by Gasteiger charge is -2.14. The molecule has 2 atom stereocenters. The van der Waals surface area contributed by atoms with Gasteiger partial charge < -0.3 is 5.11 Å². The average molecular weight is 260 g/mol. The maximum Gasteiger partial charge on any atom is 0.129 e. The number of hydrogen-bond donors (Lipinski definition) is 1. The van der Waals surface area contributed by atoms with Gasteiger partial charge >= 0.3 is 0 Å². The molecule has 0 aliphatic carbocycles. The molecule has 0 heterocycles. The number of benzene rings is 1. The number of rotatable bonds is 6. The van der Waals surface area contributed by atoms with Crippen LogP contribution < -0.4 is 0 Å².